The molecule has 3 aromatic rings. The van der Waals surface area contributed by atoms with E-state index in [1.807, 2.05) is 37.3 Å². The summed E-state index contributed by atoms with van der Waals surface area (Å²) in [5.41, 5.74) is 1.90. The molecule has 6 nitrogen and oxygen atoms in total. The zero-order chi connectivity index (χ0) is 20.9. The number of carbonyl (C=O) groups excluding carboxylic acids is 1. The Morgan fingerprint density at radius 1 is 1.07 bits per heavy atom. The number of nitrogens with one attached hydrogen (secondary N) is 2. The average Bonchev–Trinajstić information content (AvgIpc) is 2.74. The molecule has 0 bridgehead atoms. The standard InChI is InChI=1S/C21H20ClN3O3S/c1-15(17-9-11-23-12-10-17)25-21(26)18-7-8-19(22)20(13-18)29(27,28)24-14-16-5-3-2-4-6-16/h2-13,15,24H,14H2,1H3,(H,25,26)/t15-/m0/s1. The van der Waals surface area contributed by atoms with Crippen molar-refractivity contribution in [1.29, 1.82) is 0 Å². The van der Waals surface area contributed by atoms with Crippen LogP contribution in [0.3, 0.4) is 0 Å². The number of amides is 1. The van der Waals surface area contributed by atoms with Crippen molar-refractivity contribution in [3.05, 3.63) is 94.8 Å². The first kappa shape index (κ1) is 21.0. The van der Waals surface area contributed by atoms with Crippen LogP contribution >= 0.6 is 11.6 Å². The molecule has 0 saturated heterocycles. The van der Waals surface area contributed by atoms with Gasteiger partial charge in [-0.3, -0.25) is 9.78 Å². The molecule has 3 rings (SSSR count). The summed E-state index contributed by atoms with van der Waals surface area (Å²) in [6, 6.07) is 16.6. The lowest BCUT2D eigenvalue weighted by molar-refractivity contribution is 0.0939. The topological polar surface area (TPSA) is 88.2 Å². The molecule has 0 aliphatic rings. The average molecular weight is 430 g/mol. The highest BCUT2D eigenvalue weighted by Gasteiger charge is 2.21. The summed E-state index contributed by atoms with van der Waals surface area (Å²) in [5, 5.41) is 2.89. The van der Waals surface area contributed by atoms with E-state index in [-0.39, 0.29) is 28.1 Å². The first-order chi connectivity index (χ1) is 13.9. The highest BCUT2D eigenvalue weighted by atomic mass is 35.5. The predicted molar refractivity (Wildman–Crippen MR) is 112 cm³/mol. The summed E-state index contributed by atoms with van der Waals surface area (Å²) in [7, 11) is -3.90. The lowest BCUT2D eigenvalue weighted by Crippen LogP contribution is -2.27. The van der Waals surface area contributed by atoms with Gasteiger partial charge in [-0.15, -0.1) is 0 Å². The zero-order valence-corrected chi connectivity index (χ0v) is 17.2. The van der Waals surface area contributed by atoms with Crippen molar-refractivity contribution < 1.29 is 13.2 Å². The van der Waals surface area contributed by atoms with Crippen molar-refractivity contribution in [1.82, 2.24) is 15.0 Å². The molecule has 0 fully saturated rings. The second-order valence-electron chi connectivity index (χ2n) is 6.43. The van der Waals surface area contributed by atoms with Gasteiger partial charge in [-0.2, -0.15) is 0 Å². The van der Waals surface area contributed by atoms with Crippen LogP contribution in [0.1, 0.15) is 34.5 Å². The fraction of sp³-hybridized carbons (Fsp3) is 0.143. The molecule has 0 aliphatic heterocycles. The van der Waals surface area contributed by atoms with Gasteiger partial charge < -0.3 is 5.32 Å². The van der Waals surface area contributed by atoms with Crippen LogP contribution in [-0.4, -0.2) is 19.3 Å². The van der Waals surface area contributed by atoms with Crippen LogP contribution in [0.25, 0.3) is 0 Å². The molecule has 1 aromatic heterocycles. The molecule has 1 amide bonds. The lowest BCUT2D eigenvalue weighted by atomic mass is 10.1. The van der Waals surface area contributed by atoms with E-state index in [4.69, 9.17) is 11.6 Å². The Labute approximate surface area is 175 Å². The van der Waals surface area contributed by atoms with Crippen LogP contribution in [0.4, 0.5) is 0 Å². The molecule has 0 spiro atoms. The van der Waals surface area contributed by atoms with Crippen molar-refractivity contribution in [3.8, 4) is 0 Å². The largest absolute Gasteiger partial charge is 0.346 e. The van der Waals surface area contributed by atoms with E-state index in [2.05, 4.69) is 15.0 Å². The predicted octanol–water partition coefficient (Wildman–Crippen LogP) is 3.70. The third kappa shape index (κ3) is 5.41. The maximum absolute atomic E-state index is 12.7. The number of benzene rings is 2. The van der Waals surface area contributed by atoms with Crippen LogP contribution in [0.5, 0.6) is 0 Å². The highest BCUT2D eigenvalue weighted by molar-refractivity contribution is 7.89. The number of aromatic nitrogens is 1. The van der Waals surface area contributed by atoms with Gasteiger partial charge in [0.05, 0.1) is 11.1 Å². The Balaban J connectivity index is 1.77. The van der Waals surface area contributed by atoms with E-state index in [0.717, 1.165) is 11.1 Å². The minimum Gasteiger partial charge on any atom is -0.346 e. The number of pyridine rings is 1. The molecular formula is C21H20ClN3O3S. The van der Waals surface area contributed by atoms with Gasteiger partial charge in [0.15, 0.2) is 0 Å². The molecule has 1 heterocycles. The van der Waals surface area contributed by atoms with Crippen LogP contribution < -0.4 is 10.0 Å². The molecule has 150 valence electrons. The maximum atomic E-state index is 12.7. The molecular weight excluding hydrogens is 410 g/mol. The summed E-state index contributed by atoms with van der Waals surface area (Å²) in [6.07, 6.45) is 3.28. The number of carbonyl (C=O) groups is 1. The third-order valence-electron chi connectivity index (χ3n) is 4.35. The second-order valence-corrected chi connectivity index (χ2v) is 8.57. The molecule has 1 atom stereocenters. The minimum atomic E-state index is -3.90. The van der Waals surface area contributed by atoms with Gasteiger partial charge >= 0.3 is 0 Å². The Morgan fingerprint density at radius 2 is 1.76 bits per heavy atom. The maximum Gasteiger partial charge on any atom is 0.251 e. The molecule has 2 N–H and O–H groups in total. The smallest absolute Gasteiger partial charge is 0.251 e. The zero-order valence-electron chi connectivity index (χ0n) is 15.7. The Morgan fingerprint density at radius 3 is 2.45 bits per heavy atom. The first-order valence-electron chi connectivity index (χ1n) is 8.91. The number of hydrogen-bond acceptors (Lipinski definition) is 4. The Hall–Kier alpha value is -2.74. The monoisotopic (exact) mass is 429 g/mol. The van der Waals surface area contributed by atoms with Gasteiger partial charge in [-0.1, -0.05) is 41.9 Å². The fourth-order valence-electron chi connectivity index (χ4n) is 2.72. The highest BCUT2D eigenvalue weighted by Crippen LogP contribution is 2.23. The normalized spacial score (nSPS) is 12.3. The van der Waals surface area contributed by atoms with E-state index in [9.17, 15) is 13.2 Å². The summed E-state index contributed by atoms with van der Waals surface area (Å²) < 4.78 is 27.9. The molecule has 8 heteroatoms. The number of sulfonamides is 1. The van der Waals surface area contributed by atoms with E-state index in [1.54, 1.807) is 24.5 Å². The van der Waals surface area contributed by atoms with Crippen molar-refractivity contribution in [2.24, 2.45) is 0 Å². The number of halogens is 1. The molecule has 0 aliphatic carbocycles. The molecule has 2 aromatic carbocycles. The van der Waals surface area contributed by atoms with Gasteiger partial charge in [0, 0.05) is 24.5 Å². The van der Waals surface area contributed by atoms with Crippen molar-refractivity contribution in [2.75, 3.05) is 0 Å². The number of rotatable bonds is 7. The summed E-state index contributed by atoms with van der Waals surface area (Å²) >= 11 is 6.11. The molecule has 0 unspecified atom stereocenters. The summed E-state index contributed by atoms with van der Waals surface area (Å²) in [6.45, 7) is 1.96. The van der Waals surface area contributed by atoms with Gasteiger partial charge in [0.2, 0.25) is 10.0 Å². The van der Waals surface area contributed by atoms with Gasteiger partial charge in [0.25, 0.3) is 5.91 Å². The Kier molecular flexibility index (Phi) is 6.64. The quantitative estimate of drug-likeness (QED) is 0.599. The molecule has 0 radical (unpaired) electrons. The minimum absolute atomic E-state index is 0.0456. The lowest BCUT2D eigenvalue weighted by Gasteiger charge is -2.15. The fourth-order valence-corrected chi connectivity index (χ4v) is 4.26. The number of nitrogens with zero attached hydrogens (tertiary/aromatic N) is 1. The SMILES string of the molecule is C[C@H](NC(=O)c1ccc(Cl)c(S(=O)(=O)NCc2ccccc2)c1)c1ccncc1. The third-order valence-corrected chi connectivity index (χ3v) is 6.23. The van der Waals surface area contributed by atoms with Gasteiger partial charge in [-0.25, -0.2) is 13.1 Å². The summed E-state index contributed by atoms with van der Waals surface area (Å²) in [5.74, 6) is -0.398. The molecule has 0 saturated carbocycles. The summed E-state index contributed by atoms with van der Waals surface area (Å²) in [4.78, 5) is 16.4. The molecule has 29 heavy (non-hydrogen) atoms. The first-order valence-corrected chi connectivity index (χ1v) is 10.8. The van der Waals surface area contributed by atoms with Crippen molar-refractivity contribution in [2.45, 2.75) is 24.4 Å². The number of hydrogen-bond donors (Lipinski definition) is 2. The van der Waals surface area contributed by atoms with E-state index >= 15 is 0 Å². The van der Waals surface area contributed by atoms with E-state index < -0.39 is 15.9 Å². The van der Waals surface area contributed by atoms with Crippen LogP contribution in [0.2, 0.25) is 5.02 Å². The van der Waals surface area contributed by atoms with Crippen molar-refractivity contribution >= 4 is 27.5 Å². The van der Waals surface area contributed by atoms with Crippen LogP contribution in [0.15, 0.2) is 78.0 Å². The van der Waals surface area contributed by atoms with Gasteiger partial charge in [-0.05, 0) is 48.4 Å². The van der Waals surface area contributed by atoms with Crippen LogP contribution in [0, 0.1) is 0 Å². The van der Waals surface area contributed by atoms with Crippen molar-refractivity contribution in [3.63, 3.8) is 0 Å². The second kappa shape index (κ2) is 9.17. The van der Waals surface area contributed by atoms with Crippen LogP contribution in [-0.2, 0) is 16.6 Å². The Bertz CT molecular complexity index is 1090. The van der Waals surface area contributed by atoms with E-state index in [0.29, 0.717) is 0 Å². The van der Waals surface area contributed by atoms with Gasteiger partial charge in [0.1, 0.15) is 4.90 Å². The van der Waals surface area contributed by atoms with E-state index in [1.165, 1.54) is 18.2 Å².